The van der Waals surface area contributed by atoms with E-state index in [-0.39, 0.29) is 5.38 Å². The number of benzene rings is 1. The first kappa shape index (κ1) is 12.2. The van der Waals surface area contributed by atoms with Crippen molar-refractivity contribution in [3.63, 3.8) is 0 Å². The van der Waals surface area contributed by atoms with Gasteiger partial charge in [-0.2, -0.15) is 0 Å². The topological polar surface area (TPSA) is 30.7 Å². The number of imidazole rings is 1. The van der Waals surface area contributed by atoms with Crippen LogP contribution in [0.5, 0.6) is 0 Å². The van der Waals surface area contributed by atoms with Crippen molar-refractivity contribution in [1.29, 1.82) is 0 Å². The monoisotopic (exact) mass is 271 g/mol. The zero-order valence-electron chi connectivity index (χ0n) is 10.6. The van der Waals surface area contributed by atoms with Crippen molar-refractivity contribution >= 4 is 22.6 Å². The van der Waals surface area contributed by atoms with Crippen LogP contribution in [0.15, 0.2) is 48.8 Å². The molecule has 3 aromatic rings. The van der Waals surface area contributed by atoms with Gasteiger partial charge in [0.25, 0.3) is 0 Å². The van der Waals surface area contributed by atoms with Gasteiger partial charge in [-0.05, 0) is 18.6 Å². The first-order chi connectivity index (χ1) is 9.31. The van der Waals surface area contributed by atoms with Gasteiger partial charge in [0.15, 0.2) is 0 Å². The van der Waals surface area contributed by atoms with E-state index in [1.54, 1.807) is 12.4 Å². The van der Waals surface area contributed by atoms with Gasteiger partial charge >= 0.3 is 0 Å². The largest absolute Gasteiger partial charge is 0.327 e. The Bertz CT molecular complexity index is 691. The van der Waals surface area contributed by atoms with E-state index < -0.39 is 0 Å². The van der Waals surface area contributed by atoms with Crippen LogP contribution in [-0.4, -0.2) is 14.5 Å². The highest BCUT2D eigenvalue weighted by molar-refractivity contribution is 6.22. The molecule has 1 unspecified atom stereocenters. The molecule has 3 nitrogen and oxygen atoms in total. The molecular formula is C15H14ClN3. The zero-order valence-corrected chi connectivity index (χ0v) is 11.4. The van der Waals surface area contributed by atoms with Crippen LogP contribution in [0.2, 0.25) is 0 Å². The minimum Gasteiger partial charge on any atom is -0.327 e. The standard InChI is InChI=1S/C15H14ClN3/c1-2-19-13-8-9-17-10-12(13)18-15(19)14(16)11-6-4-3-5-7-11/h3-10,14H,2H2,1H3. The molecule has 0 amide bonds. The first-order valence-corrected chi connectivity index (χ1v) is 6.74. The second kappa shape index (κ2) is 5.02. The predicted octanol–water partition coefficient (Wildman–Crippen LogP) is 3.78. The molecule has 0 bridgehead atoms. The summed E-state index contributed by atoms with van der Waals surface area (Å²) in [5, 5.41) is -0.242. The molecule has 0 N–H and O–H groups in total. The number of halogens is 1. The summed E-state index contributed by atoms with van der Waals surface area (Å²) in [5.74, 6) is 0.873. The molecule has 0 radical (unpaired) electrons. The van der Waals surface area contributed by atoms with E-state index in [2.05, 4.69) is 21.5 Å². The zero-order chi connectivity index (χ0) is 13.2. The van der Waals surface area contributed by atoms with Crippen LogP contribution in [0.25, 0.3) is 11.0 Å². The second-order valence-electron chi connectivity index (χ2n) is 4.35. The maximum absolute atomic E-state index is 6.58. The molecule has 2 heterocycles. The van der Waals surface area contributed by atoms with Crippen molar-refractivity contribution in [3.8, 4) is 0 Å². The summed E-state index contributed by atoms with van der Waals surface area (Å²) in [7, 11) is 0. The van der Waals surface area contributed by atoms with Gasteiger partial charge in [0.05, 0.1) is 11.7 Å². The summed E-state index contributed by atoms with van der Waals surface area (Å²) in [5.41, 5.74) is 3.03. The Kier molecular flexibility index (Phi) is 3.22. The van der Waals surface area contributed by atoms with E-state index in [0.717, 1.165) is 29.0 Å². The van der Waals surface area contributed by atoms with Crippen molar-refractivity contribution in [2.45, 2.75) is 18.8 Å². The lowest BCUT2D eigenvalue weighted by molar-refractivity contribution is 0.726. The van der Waals surface area contributed by atoms with Gasteiger partial charge in [-0.15, -0.1) is 11.6 Å². The minimum atomic E-state index is -0.242. The molecule has 0 fully saturated rings. The third kappa shape index (κ3) is 2.10. The smallest absolute Gasteiger partial charge is 0.132 e. The lowest BCUT2D eigenvalue weighted by Gasteiger charge is -2.11. The highest BCUT2D eigenvalue weighted by atomic mass is 35.5. The number of fused-ring (bicyclic) bond motifs is 1. The lowest BCUT2D eigenvalue weighted by Crippen LogP contribution is -2.05. The molecule has 1 atom stereocenters. The third-order valence-electron chi connectivity index (χ3n) is 3.22. The SMILES string of the molecule is CCn1c(C(Cl)c2ccccc2)nc2cnccc21. The Morgan fingerprint density at radius 2 is 2.00 bits per heavy atom. The number of hydrogen-bond acceptors (Lipinski definition) is 2. The predicted molar refractivity (Wildman–Crippen MR) is 77.3 cm³/mol. The van der Waals surface area contributed by atoms with Gasteiger partial charge in [0, 0.05) is 12.7 Å². The van der Waals surface area contributed by atoms with E-state index in [0.29, 0.717) is 0 Å². The molecule has 0 aliphatic rings. The van der Waals surface area contributed by atoms with Crippen molar-refractivity contribution in [2.75, 3.05) is 0 Å². The number of hydrogen-bond donors (Lipinski definition) is 0. The van der Waals surface area contributed by atoms with Crippen molar-refractivity contribution in [1.82, 2.24) is 14.5 Å². The van der Waals surface area contributed by atoms with Crippen LogP contribution in [0.3, 0.4) is 0 Å². The highest BCUT2D eigenvalue weighted by Gasteiger charge is 2.18. The normalized spacial score (nSPS) is 12.7. The number of rotatable bonds is 3. The molecule has 19 heavy (non-hydrogen) atoms. The number of alkyl halides is 1. The molecule has 0 saturated carbocycles. The van der Waals surface area contributed by atoms with Gasteiger partial charge in [0.1, 0.15) is 16.7 Å². The fourth-order valence-electron chi connectivity index (χ4n) is 2.30. The van der Waals surface area contributed by atoms with E-state index >= 15 is 0 Å². The number of nitrogens with zero attached hydrogens (tertiary/aromatic N) is 3. The summed E-state index contributed by atoms with van der Waals surface area (Å²) in [6.45, 7) is 2.94. The third-order valence-corrected chi connectivity index (χ3v) is 3.66. The van der Waals surface area contributed by atoms with E-state index in [1.807, 2.05) is 36.4 Å². The average molecular weight is 272 g/mol. The van der Waals surface area contributed by atoms with Crippen LogP contribution >= 0.6 is 11.6 Å². The Morgan fingerprint density at radius 3 is 2.74 bits per heavy atom. The van der Waals surface area contributed by atoms with Crippen LogP contribution in [0.1, 0.15) is 23.7 Å². The van der Waals surface area contributed by atoms with Gasteiger partial charge in [0.2, 0.25) is 0 Å². The quantitative estimate of drug-likeness (QED) is 0.679. The summed E-state index contributed by atoms with van der Waals surface area (Å²) >= 11 is 6.58. The molecular weight excluding hydrogens is 258 g/mol. The minimum absolute atomic E-state index is 0.242. The Labute approximate surface area is 116 Å². The fourth-order valence-corrected chi connectivity index (χ4v) is 2.61. The molecule has 1 aromatic carbocycles. The molecule has 0 aliphatic heterocycles. The highest BCUT2D eigenvalue weighted by Crippen LogP contribution is 2.30. The van der Waals surface area contributed by atoms with Gasteiger partial charge in [-0.25, -0.2) is 4.98 Å². The molecule has 0 saturated heterocycles. The molecule has 96 valence electrons. The Balaban J connectivity index is 2.14. The summed E-state index contributed by atoms with van der Waals surface area (Å²) < 4.78 is 2.14. The van der Waals surface area contributed by atoms with Gasteiger partial charge < -0.3 is 4.57 Å². The number of pyridine rings is 1. The van der Waals surface area contributed by atoms with Crippen molar-refractivity contribution < 1.29 is 0 Å². The van der Waals surface area contributed by atoms with Crippen molar-refractivity contribution in [2.24, 2.45) is 0 Å². The molecule has 4 heteroatoms. The molecule has 0 spiro atoms. The first-order valence-electron chi connectivity index (χ1n) is 6.30. The van der Waals surface area contributed by atoms with Gasteiger partial charge in [-0.1, -0.05) is 30.3 Å². The maximum atomic E-state index is 6.58. The fraction of sp³-hybridized carbons (Fsp3) is 0.200. The summed E-state index contributed by atoms with van der Waals surface area (Å²) in [6, 6.07) is 12.0. The second-order valence-corrected chi connectivity index (χ2v) is 4.79. The molecule has 3 rings (SSSR count). The van der Waals surface area contributed by atoms with Crippen molar-refractivity contribution in [3.05, 3.63) is 60.2 Å². The Morgan fingerprint density at radius 1 is 1.21 bits per heavy atom. The lowest BCUT2D eigenvalue weighted by atomic mass is 10.1. The van der Waals surface area contributed by atoms with E-state index in [1.165, 1.54) is 0 Å². The number of aryl methyl sites for hydroxylation is 1. The maximum Gasteiger partial charge on any atom is 0.132 e. The van der Waals surface area contributed by atoms with Crippen LogP contribution in [0.4, 0.5) is 0 Å². The van der Waals surface area contributed by atoms with Crippen LogP contribution in [-0.2, 0) is 6.54 Å². The van der Waals surface area contributed by atoms with Crippen LogP contribution < -0.4 is 0 Å². The van der Waals surface area contributed by atoms with Gasteiger partial charge in [-0.3, -0.25) is 4.98 Å². The molecule has 2 aromatic heterocycles. The summed E-state index contributed by atoms with van der Waals surface area (Å²) in [6.07, 6.45) is 3.56. The Hall–Kier alpha value is -1.87. The average Bonchev–Trinajstić information content (AvgIpc) is 2.85. The van der Waals surface area contributed by atoms with E-state index in [4.69, 9.17) is 11.6 Å². The van der Waals surface area contributed by atoms with Crippen LogP contribution in [0, 0.1) is 0 Å². The van der Waals surface area contributed by atoms with E-state index in [9.17, 15) is 0 Å². The summed E-state index contributed by atoms with van der Waals surface area (Å²) in [4.78, 5) is 8.74. The number of aromatic nitrogens is 3. The molecule has 0 aliphatic carbocycles.